The SMILES string of the molecule is CC(C)CC(C)(N)COc1ccc(-c2ccnc3cc(C(F)(F)F)ccc23)cc1C(F)(F)F. The van der Waals surface area contributed by atoms with Gasteiger partial charge in [0.2, 0.25) is 0 Å². The Morgan fingerprint density at radius 3 is 2.24 bits per heavy atom. The molecular weight excluding hydrogens is 446 g/mol. The molecule has 0 aliphatic heterocycles. The number of nitrogens with two attached hydrogens (primary N) is 1. The third-order valence-corrected chi connectivity index (χ3v) is 5.10. The van der Waals surface area contributed by atoms with Crippen LogP contribution in [-0.2, 0) is 12.4 Å². The number of ether oxygens (including phenoxy) is 1. The van der Waals surface area contributed by atoms with Crippen molar-refractivity contribution in [2.75, 3.05) is 6.61 Å². The highest BCUT2D eigenvalue weighted by molar-refractivity contribution is 5.94. The summed E-state index contributed by atoms with van der Waals surface area (Å²) in [5, 5.41) is 0.304. The van der Waals surface area contributed by atoms with Crippen LogP contribution in [0.4, 0.5) is 26.3 Å². The van der Waals surface area contributed by atoms with Crippen LogP contribution in [0.5, 0.6) is 5.75 Å². The summed E-state index contributed by atoms with van der Waals surface area (Å²) >= 11 is 0. The summed E-state index contributed by atoms with van der Waals surface area (Å²) in [5.41, 5.74) is 4.01. The fraction of sp³-hybridized carbons (Fsp3) is 0.375. The summed E-state index contributed by atoms with van der Waals surface area (Å²) in [6, 6.07) is 8.00. The number of hydrogen-bond acceptors (Lipinski definition) is 3. The summed E-state index contributed by atoms with van der Waals surface area (Å²) in [6.45, 7) is 5.52. The average Bonchev–Trinajstić information content (AvgIpc) is 2.69. The van der Waals surface area contributed by atoms with Crippen LogP contribution < -0.4 is 10.5 Å². The number of alkyl halides is 6. The molecule has 1 heterocycles. The van der Waals surface area contributed by atoms with E-state index in [0.29, 0.717) is 17.4 Å². The Bertz CT molecular complexity index is 1140. The highest BCUT2D eigenvalue weighted by Gasteiger charge is 2.36. The van der Waals surface area contributed by atoms with Crippen LogP contribution in [0.1, 0.15) is 38.3 Å². The molecule has 178 valence electrons. The van der Waals surface area contributed by atoms with E-state index in [9.17, 15) is 26.3 Å². The minimum Gasteiger partial charge on any atom is -0.491 e. The van der Waals surface area contributed by atoms with E-state index >= 15 is 0 Å². The fourth-order valence-electron chi connectivity index (χ4n) is 3.86. The minimum absolute atomic E-state index is 0.0313. The van der Waals surface area contributed by atoms with E-state index in [1.165, 1.54) is 30.5 Å². The van der Waals surface area contributed by atoms with Gasteiger partial charge >= 0.3 is 12.4 Å². The first-order chi connectivity index (χ1) is 15.2. The molecule has 33 heavy (non-hydrogen) atoms. The van der Waals surface area contributed by atoms with Crippen molar-refractivity contribution in [3.63, 3.8) is 0 Å². The molecule has 1 unspecified atom stereocenters. The van der Waals surface area contributed by atoms with E-state index in [2.05, 4.69) is 4.98 Å². The third-order valence-electron chi connectivity index (χ3n) is 5.10. The van der Waals surface area contributed by atoms with Crippen LogP contribution in [-0.4, -0.2) is 17.1 Å². The largest absolute Gasteiger partial charge is 0.491 e. The molecule has 0 radical (unpaired) electrons. The molecule has 0 aliphatic carbocycles. The summed E-state index contributed by atoms with van der Waals surface area (Å²) in [6.07, 6.45) is -7.43. The zero-order valence-electron chi connectivity index (χ0n) is 18.3. The van der Waals surface area contributed by atoms with Gasteiger partial charge in [0, 0.05) is 17.1 Å². The molecule has 0 amide bonds. The smallest absolute Gasteiger partial charge is 0.419 e. The highest BCUT2D eigenvalue weighted by atomic mass is 19.4. The van der Waals surface area contributed by atoms with Crippen molar-refractivity contribution in [3.05, 3.63) is 59.8 Å². The molecule has 0 spiro atoms. The van der Waals surface area contributed by atoms with Gasteiger partial charge in [0.05, 0.1) is 16.6 Å². The number of pyridine rings is 1. The van der Waals surface area contributed by atoms with Crippen LogP contribution in [0.3, 0.4) is 0 Å². The Balaban J connectivity index is 2.02. The van der Waals surface area contributed by atoms with Gasteiger partial charge in [0.1, 0.15) is 12.4 Å². The normalized spacial score (nSPS) is 14.5. The second-order valence-corrected chi connectivity index (χ2v) is 8.84. The molecule has 3 nitrogen and oxygen atoms in total. The zero-order valence-corrected chi connectivity index (χ0v) is 18.3. The van der Waals surface area contributed by atoms with Gasteiger partial charge in [0.15, 0.2) is 0 Å². The lowest BCUT2D eigenvalue weighted by atomic mass is 9.93. The van der Waals surface area contributed by atoms with E-state index in [1.807, 2.05) is 13.8 Å². The number of aromatic nitrogens is 1. The Morgan fingerprint density at radius 1 is 0.939 bits per heavy atom. The molecule has 0 saturated carbocycles. The molecule has 0 fully saturated rings. The number of nitrogens with zero attached hydrogens (tertiary/aromatic N) is 1. The maximum absolute atomic E-state index is 13.8. The van der Waals surface area contributed by atoms with E-state index in [1.54, 1.807) is 6.92 Å². The van der Waals surface area contributed by atoms with Gasteiger partial charge in [-0.3, -0.25) is 4.98 Å². The van der Waals surface area contributed by atoms with Crippen molar-refractivity contribution in [2.45, 2.75) is 45.1 Å². The van der Waals surface area contributed by atoms with Crippen molar-refractivity contribution in [1.29, 1.82) is 0 Å². The monoisotopic (exact) mass is 470 g/mol. The molecule has 9 heteroatoms. The number of halogens is 6. The minimum atomic E-state index is -4.71. The molecule has 0 saturated heterocycles. The van der Waals surface area contributed by atoms with Gasteiger partial charge in [-0.1, -0.05) is 26.0 Å². The number of benzene rings is 2. The Hall–Kier alpha value is -2.81. The summed E-state index contributed by atoms with van der Waals surface area (Å²) < 4.78 is 86.0. The second-order valence-electron chi connectivity index (χ2n) is 8.84. The van der Waals surface area contributed by atoms with Gasteiger partial charge in [-0.2, -0.15) is 26.3 Å². The van der Waals surface area contributed by atoms with Crippen LogP contribution in [0.25, 0.3) is 22.0 Å². The molecule has 1 atom stereocenters. The van der Waals surface area contributed by atoms with Crippen LogP contribution in [0.2, 0.25) is 0 Å². The standard InChI is InChI=1S/C24H24F6N2O/c1-14(2)12-22(3,31)13-33-21-7-4-15(10-19(21)24(28,29)30)17-8-9-32-20-11-16(23(25,26)27)5-6-18(17)20/h4-11,14H,12-13,31H2,1-3H3. The first kappa shape index (κ1) is 24.8. The lowest BCUT2D eigenvalue weighted by molar-refractivity contribution is -0.139. The highest BCUT2D eigenvalue weighted by Crippen LogP contribution is 2.41. The van der Waals surface area contributed by atoms with Crippen molar-refractivity contribution >= 4 is 10.9 Å². The first-order valence-electron chi connectivity index (χ1n) is 10.3. The molecule has 2 N–H and O–H groups in total. The lowest BCUT2D eigenvalue weighted by Gasteiger charge is -2.27. The lowest BCUT2D eigenvalue weighted by Crippen LogP contribution is -2.43. The zero-order chi connectivity index (χ0) is 24.6. The Kier molecular flexibility index (Phi) is 6.66. The van der Waals surface area contributed by atoms with Crippen molar-refractivity contribution in [2.24, 2.45) is 11.7 Å². The van der Waals surface area contributed by atoms with E-state index < -0.39 is 29.0 Å². The van der Waals surface area contributed by atoms with Crippen molar-refractivity contribution in [1.82, 2.24) is 4.98 Å². The van der Waals surface area contributed by atoms with E-state index in [4.69, 9.17) is 10.5 Å². The predicted molar refractivity (Wildman–Crippen MR) is 115 cm³/mol. The van der Waals surface area contributed by atoms with Crippen LogP contribution in [0, 0.1) is 5.92 Å². The van der Waals surface area contributed by atoms with E-state index in [0.717, 1.165) is 18.2 Å². The summed E-state index contributed by atoms with van der Waals surface area (Å²) in [5.74, 6) is -0.115. The molecule has 3 aromatic rings. The van der Waals surface area contributed by atoms with Crippen LogP contribution >= 0.6 is 0 Å². The molecule has 3 rings (SSSR count). The van der Waals surface area contributed by atoms with Gasteiger partial charge in [0.25, 0.3) is 0 Å². The molecular formula is C24H24F6N2O. The number of rotatable bonds is 6. The van der Waals surface area contributed by atoms with E-state index in [-0.39, 0.29) is 29.4 Å². The molecule has 0 bridgehead atoms. The van der Waals surface area contributed by atoms with Gasteiger partial charge < -0.3 is 10.5 Å². The van der Waals surface area contributed by atoms with Gasteiger partial charge in [-0.25, -0.2) is 0 Å². The topological polar surface area (TPSA) is 48.1 Å². The molecule has 2 aromatic carbocycles. The first-order valence-corrected chi connectivity index (χ1v) is 10.3. The molecule has 0 aliphatic rings. The molecule has 1 aromatic heterocycles. The quantitative estimate of drug-likeness (QED) is 0.392. The van der Waals surface area contributed by atoms with Gasteiger partial charge in [-0.15, -0.1) is 0 Å². The van der Waals surface area contributed by atoms with Crippen molar-refractivity contribution in [3.8, 4) is 16.9 Å². The number of fused-ring (bicyclic) bond motifs is 1. The predicted octanol–water partition coefficient (Wildman–Crippen LogP) is 7.08. The third kappa shape index (κ3) is 5.96. The Morgan fingerprint density at radius 2 is 1.64 bits per heavy atom. The fourth-order valence-corrected chi connectivity index (χ4v) is 3.86. The maximum Gasteiger partial charge on any atom is 0.419 e. The van der Waals surface area contributed by atoms with Crippen molar-refractivity contribution < 1.29 is 31.1 Å². The number of hydrogen-bond donors (Lipinski definition) is 1. The Labute approximate surface area is 187 Å². The maximum atomic E-state index is 13.8. The summed E-state index contributed by atoms with van der Waals surface area (Å²) in [4.78, 5) is 3.95. The average molecular weight is 470 g/mol. The van der Waals surface area contributed by atoms with Crippen LogP contribution in [0.15, 0.2) is 48.7 Å². The summed E-state index contributed by atoms with van der Waals surface area (Å²) in [7, 11) is 0. The second kappa shape index (κ2) is 8.85. The van der Waals surface area contributed by atoms with Gasteiger partial charge in [-0.05, 0) is 60.7 Å².